The third-order valence-corrected chi connectivity index (χ3v) is 3.52. The van der Waals surface area contributed by atoms with E-state index in [1.165, 1.54) is 7.11 Å². The molecule has 0 saturated carbocycles. The smallest absolute Gasteiger partial charge is 0.244 e. The lowest BCUT2D eigenvalue weighted by atomic mass is 10.2. The normalized spacial score (nSPS) is 11.1. The second-order valence-electron chi connectivity index (χ2n) is 3.99. The van der Waals surface area contributed by atoms with Gasteiger partial charge in [0.05, 0.1) is 17.5 Å². The largest absolute Gasteiger partial charge is 0.618 e. The number of hydrogen-bond acceptors (Lipinski definition) is 3. The Bertz CT molecular complexity index is 806. The molecule has 0 amide bonds. The van der Waals surface area contributed by atoms with Crippen LogP contribution in [0.2, 0.25) is 10.0 Å². The number of hydrogen-bond donors (Lipinski definition) is 0. The molecule has 3 aromatic rings. The quantitative estimate of drug-likeness (QED) is 0.393. The lowest BCUT2D eigenvalue weighted by Gasteiger charge is -2.08. The molecule has 2 aromatic heterocycles. The number of aromatic nitrogens is 2. The molecule has 0 aliphatic heterocycles. The summed E-state index contributed by atoms with van der Waals surface area (Å²) in [6.45, 7) is 0. The molecule has 0 saturated heterocycles. The highest BCUT2D eigenvalue weighted by Gasteiger charge is 2.18. The van der Waals surface area contributed by atoms with Gasteiger partial charge in [0.1, 0.15) is 0 Å². The fourth-order valence-electron chi connectivity index (χ4n) is 1.99. The number of benzene rings is 1. The fourth-order valence-corrected chi connectivity index (χ4v) is 2.45. The van der Waals surface area contributed by atoms with Crippen molar-refractivity contribution in [2.24, 2.45) is 0 Å². The summed E-state index contributed by atoms with van der Waals surface area (Å²) >= 11 is 12.2. The first-order valence-electron chi connectivity index (χ1n) is 5.47. The van der Waals surface area contributed by atoms with E-state index in [1.54, 1.807) is 30.3 Å². The van der Waals surface area contributed by atoms with Crippen molar-refractivity contribution in [3.05, 3.63) is 45.6 Å². The lowest BCUT2D eigenvalue weighted by molar-refractivity contribution is -0.547. The zero-order chi connectivity index (χ0) is 13.6. The summed E-state index contributed by atoms with van der Waals surface area (Å²) in [5, 5.41) is 13.8. The van der Waals surface area contributed by atoms with Crippen LogP contribution in [0.4, 0.5) is 0 Å². The molecule has 0 bridgehead atoms. The Kier molecular flexibility index (Phi) is 2.84. The van der Waals surface area contributed by atoms with Crippen molar-refractivity contribution in [3.63, 3.8) is 0 Å². The predicted molar refractivity (Wildman–Crippen MR) is 74.8 cm³/mol. The van der Waals surface area contributed by atoms with Crippen LogP contribution in [0.25, 0.3) is 21.9 Å². The predicted octanol–water partition coefficient (Wildman–Crippen LogP) is 3.34. The number of rotatable bonds is 1. The van der Waals surface area contributed by atoms with Crippen molar-refractivity contribution in [2.75, 3.05) is 7.11 Å². The second-order valence-corrected chi connectivity index (χ2v) is 4.81. The Morgan fingerprint density at radius 1 is 1.16 bits per heavy atom. The Labute approximate surface area is 118 Å². The van der Waals surface area contributed by atoms with Crippen molar-refractivity contribution < 1.29 is 9.47 Å². The average Bonchev–Trinajstić information content (AvgIpc) is 2.44. The molecule has 0 radical (unpaired) electrons. The van der Waals surface area contributed by atoms with Crippen molar-refractivity contribution >= 4 is 45.1 Å². The topological polar surface area (TPSA) is 49.1 Å². The third kappa shape index (κ3) is 1.84. The highest BCUT2D eigenvalue weighted by molar-refractivity contribution is 6.39. The standard InChI is InChI=1S/C13H8Cl2N2O2/c1-19-11-5-4-9-13(16-11)12(15)8-3-2-7(14)6-10(8)17(9)18/h2-6H,1H3. The molecular weight excluding hydrogens is 287 g/mol. The van der Waals surface area contributed by atoms with Gasteiger partial charge in [-0.05, 0) is 12.1 Å². The van der Waals surface area contributed by atoms with Gasteiger partial charge in [-0.1, -0.05) is 23.2 Å². The molecule has 0 aliphatic rings. The number of ether oxygens (including phenoxy) is 1. The molecule has 0 aliphatic carbocycles. The minimum Gasteiger partial charge on any atom is -0.618 e. The number of pyridine rings is 2. The van der Waals surface area contributed by atoms with Crippen molar-refractivity contribution in [3.8, 4) is 5.88 Å². The summed E-state index contributed by atoms with van der Waals surface area (Å²) in [7, 11) is 1.51. The van der Waals surface area contributed by atoms with Gasteiger partial charge in [-0.3, -0.25) is 0 Å². The maximum Gasteiger partial charge on any atom is 0.244 e. The zero-order valence-corrected chi connectivity index (χ0v) is 11.4. The van der Waals surface area contributed by atoms with Crippen LogP contribution >= 0.6 is 23.2 Å². The molecule has 3 rings (SSSR count). The van der Waals surface area contributed by atoms with E-state index in [0.29, 0.717) is 37.9 Å². The van der Waals surface area contributed by atoms with E-state index in [4.69, 9.17) is 27.9 Å². The SMILES string of the molecule is COc1ccc2c(n1)c(Cl)c1ccc(Cl)cc1[n+]2[O-]. The highest BCUT2D eigenvalue weighted by atomic mass is 35.5. The van der Waals surface area contributed by atoms with E-state index in [-0.39, 0.29) is 0 Å². The van der Waals surface area contributed by atoms with Gasteiger partial charge in [-0.15, -0.1) is 0 Å². The fraction of sp³-hybridized carbons (Fsp3) is 0.0769. The van der Waals surface area contributed by atoms with Gasteiger partial charge < -0.3 is 9.94 Å². The van der Waals surface area contributed by atoms with Gasteiger partial charge in [0.2, 0.25) is 16.9 Å². The van der Waals surface area contributed by atoms with Gasteiger partial charge in [-0.2, -0.15) is 4.73 Å². The number of methoxy groups -OCH3 is 1. The van der Waals surface area contributed by atoms with Crippen LogP contribution < -0.4 is 9.47 Å². The third-order valence-electron chi connectivity index (χ3n) is 2.90. The molecule has 6 heteroatoms. The average molecular weight is 295 g/mol. The zero-order valence-electron chi connectivity index (χ0n) is 9.85. The Hall–Kier alpha value is -1.78. The summed E-state index contributed by atoms with van der Waals surface area (Å²) in [4.78, 5) is 4.22. The summed E-state index contributed by atoms with van der Waals surface area (Å²) in [5.74, 6) is 0.405. The van der Waals surface area contributed by atoms with Gasteiger partial charge >= 0.3 is 0 Å². The Morgan fingerprint density at radius 2 is 1.95 bits per heavy atom. The molecule has 96 valence electrons. The van der Waals surface area contributed by atoms with Crippen LogP contribution in [-0.4, -0.2) is 12.1 Å². The Balaban J connectivity index is 2.52. The van der Waals surface area contributed by atoms with E-state index < -0.39 is 0 Å². The van der Waals surface area contributed by atoms with Gasteiger partial charge in [-0.25, -0.2) is 4.98 Å². The minimum atomic E-state index is 0.376. The maximum atomic E-state index is 12.3. The summed E-state index contributed by atoms with van der Waals surface area (Å²) < 4.78 is 5.82. The lowest BCUT2D eigenvalue weighted by Crippen LogP contribution is -2.28. The van der Waals surface area contributed by atoms with Gasteiger partial charge in [0.15, 0.2) is 5.52 Å². The molecular formula is C13H8Cl2N2O2. The Morgan fingerprint density at radius 3 is 2.68 bits per heavy atom. The van der Waals surface area contributed by atoms with Crippen LogP contribution in [0.5, 0.6) is 5.88 Å². The minimum absolute atomic E-state index is 0.376. The molecule has 0 N–H and O–H groups in total. The summed E-state index contributed by atoms with van der Waals surface area (Å²) in [5.41, 5.74) is 1.20. The van der Waals surface area contributed by atoms with E-state index >= 15 is 0 Å². The summed E-state index contributed by atoms with van der Waals surface area (Å²) in [6.07, 6.45) is 0. The first-order valence-corrected chi connectivity index (χ1v) is 6.22. The van der Waals surface area contributed by atoms with Crippen LogP contribution in [0.15, 0.2) is 30.3 Å². The molecule has 0 atom stereocenters. The molecule has 19 heavy (non-hydrogen) atoms. The first kappa shape index (κ1) is 12.3. The van der Waals surface area contributed by atoms with Crippen molar-refractivity contribution in [1.82, 2.24) is 4.98 Å². The number of nitrogens with zero attached hydrogens (tertiary/aromatic N) is 2. The monoisotopic (exact) mass is 294 g/mol. The van der Waals surface area contributed by atoms with Gasteiger partial charge in [0, 0.05) is 23.2 Å². The molecule has 4 nitrogen and oxygen atoms in total. The van der Waals surface area contributed by atoms with E-state index in [0.717, 1.165) is 4.73 Å². The number of halogens is 2. The molecule has 0 unspecified atom stereocenters. The molecule has 0 spiro atoms. The summed E-state index contributed by atoms with van der Waals surface area (Å²) in [6, 6.07) is 8.21. The van der Waals surface area contributed by atoms with Crippen molar-refractivity contribution in [2.45, 2.75) is 0 Å². The second kappa shape index (κ2) is 4.40. The van der Waals surface area contributed by atoms with Gasteiger partial charge in [0.25, 0.3) is 0 Å². The van der Waals surface area contributed by atoms with Crippen LogP contribution in [0.1, 0.15) is 0 Å². The molecule has 1 aromatic carbocycles. The van der Waals surface area contributed by atoms with Crippen LogP contribution in [0.3, 0.4) is 0 Å². The van der Waals surface area contributed by atoms with Crippen LogP contribution in [-0.2, 0) is 0 Å². The van der Waals surface area contributed by atoms with E-state index in [9.17, 15) is 5.21 Å². The van der Waals surface area contributed by atoms with E-state index in [1.807, 2.05) is 0 Å². The maximum absolute atomic E-state index is 12.3. The van der Waals surface area contributed by atoms with Crippen LogP contribution in [0, 0.1) is 5.21 Å². The number of fused-ring (bicyclic) bond motifs is 2. The molecule has 0 fully saturated rings. The molecule has 2 heterocycles. The highest BCUT2D eigenvalue weighted by Crippen LogP contribution is 2.30. The first-order chi connectivity index (χ1) is 9.11. The van der Waals surface area contributed by atoms with Crippen molar-refractivity contribution in [1.29, 1.82) is 0 Å². The van der Waals surface area contributed by atoms with E-state index in [2.05, 4.69) is 4.98 Å².